The fraction of sp³-hybridized carbons (Fsp3) is 0.667. The van der Waals surface area contributed by atoms with E-state index in [1.807, 2.05) is 17.7 Å². The van der Waals surface area contributed by atoms with Crippen molar-refractivity contribution < 1.29 is 4.74 Å². The molecule has 13 heavy (non-hydrogen) atoms. The molecule has 0 unspecified atom stereocenters. The van der Waals surface area contributed by atoms with Crippen LogP contribution in [-0.4, -0.2) is 16.2 Å². The highest BCUT2D eigenvalue weighted by Crippen LogP contribution is 2.12. The van der Waals surface area contributed by atoms with Gasteiger partial charge in [-0.3, -0.25) is 0 Å². The molecule has 0 saturated carbocycles. The van der Waals surface area contributed by atoms with Gasteiger partial charge in [-0.05, 0) is 20.8 Å². The summed E-state index contributed by atoms with van der Waals surface area (Å²) in [4.78, 5) is 4.19. The first kappa shape index (κ1) is 10.1. The summed E-state index contributed by atoms with van der Waals surface area (Å²) in [6, 6.07) is 0.375. The summed E-state index contributed by atoms with van der Waals surface area (Å²) in [5.74, 6) is 1.46. The first-order chi connectivity index (χ1) is 6.15. The van der Waals surface area contributed by atoms with E-state index in [4.69, 9.17) is 10.5 Å². The van der Waals surface area contributed by atoms with E-state index in [1.54, 1.807) is 0 Å². The van der Waals surface area contributed by atoms with Crippen LogP contribution in [0.2, 0.25) is 0 Å². The van der Waals surface area contributed by atoms with Gasteiger partial charge < -0.3 is 15.0 Å². The summed E-state index contributed by atoms with van der Waals surface area (Å²) < 4.78 is 7.32. The van der Waals surface area contributed by atoms with Gasteiger partial charge in [-0.25, -0.2) is 4.98 Å². The molecular formula is C9H17N3O. The molecular weight excluding hydrogens is 166 g/mol. The second-order valence-electron chi connectivity index (χ2n) is 3.22. The molecule has 1 aromatic heterocycles. The second-order valence-corrected chi connectivity index (χ2v) is 3.22. The van der Waals surface area contributed by atoms with E-state index in [0.29, 0.717) is 25.1 Å². The molecule has 0 aliphatic carbocycles. The predicted octanol–water partition coefficient (Wildman–Crippen LogP) is 1.58. The van der Waals surface area contributed by atoms with Crippen LogP contribution in [0, 0.1) is 0 Å². The Morgan fingerprint density at radius 3 is 2.85 bits per heavy atom. The normalized spacial score (nSPS) is 11.1. The Bertz CT molecular complexity index is 268. The molecule has 1 rings (SSSR count). The van der Waals surface area contributed by atoms with E-state index in [-0.39, 0.29) is 0 Å². The largest absolute Gasteiger partial charge is 0.382 e. The molecule has 1 heterocycles. The average Bonchev–Trinajstić information content (AvgIpc) is 2.43. The van der Waals surface area contributed by atoms with Crippen molar-refractivity contribution in [2.24, 2.45) is 0 Å². The number of hydrogen-bond acceptors (Lipinski definition) is 3. The van der Waals surface area contributed by atoms with Gasteiger partial charge in [0.05, 0.1) is 0 Å². The minimum atomic E-state index is 0.375. The molecule has 0 saturated heterocycles. The van der Waals surface area contributed by atoms with Crippen LogP contribution in [0.3, 0.4) is 0 Å². The number of ether oxygens (including phenoxy) is 1. The van der Waals surface area contributed by atoms with Crippen molar-refractivity contribution in [3.05, 3.63) is 12.0 Å². The minimum absolute atomic E-state index is 0.375. The van der Waals surface area contributed by atoms with E-state index < -0.39 is 0 Å². The van der Waals surface area contributed by atoms with Crippen LogP contribution in [-0.2, 0) is 11.3 Å². The fourth-order valence-corrected chi connectivity index (χ4v) is 1.20. The number of nitrogens with zero attached hydrogens (tertiary/aromatic N) is 2. The van der Waals surface area contributed by atoms with E-state index >= 15 is 0 Å². The Hall–Kier alpha value is -1.03. The topological polar surface area (TPSA) is 53.1 Å². The standard InChI is InChI=1S/C9H17N3O/c1-4-13-6-9-11-8(10)5-12(9)7(2)3/h5,7H,4,6,10H2,1-3H3. The zero-order valence-corrected chi connectivity index (χ0v) is 8.45. The summed E-state index contributed by atoms with van der Waals surface area (Å²) in [6.45, 7) is 7.38. The van der Waals surface area contributed by atoms with Gasteiger partial charge >= 0.3 is 0 Å². The van der Waals surface area contributed by atoms with Crippen molar-refractivity contribution >= 4 is 5.82 Å². The SMILES string of the molecule is CCOCc1nc(N)cn1C(C)C. The molecule has 0 spiro atoms. The van der Waals surface area contributed by atoms with Crippen molar-refractivity contribution in [3.63, 3.8) is 0 Å². The van der Waals surface area contributed by atoms with Crippen LogP contribution in [0.1, 0.15) is 32.6 Å². The van der Waals surface area contributed by atoms with Crippen molar-refractivity contribution in [1.82, 2.24) is 9.55 Å². The Balaban J connectivity index is 2.78. The maximum Gasteiger partial charge on any atom is 0.142 e. The Morgan fingerprint density at radius 2 is 2.31 bits per heavy atom. The molecule has 1 aromatic rings. The van der Waals surface area contributed by atoms with E-state index in [2.05, 4.69) is 18.8 Å². The number of anilines is 1. The van der Waals surface area contributed by atoms with Crippen LogP contribution in [0.15, 0.2) is 6.20 Å². The van der Waals surface area contributed by atoms with Gasteiger partial charge in [-0.15, -0.1) is 0 Å². The van der Waals surface area contributed by atoms with Gasteiger partial charge in [0.15, 0.2) is 0 Å². The maximum atomic E-state index is 5.60. The van der Waals surface area contributed by atoms with Gasteiger partial charge in [-0.2, -0.15) is 0 Å². The highest BCUT2D eigenvalue weighted by atomic mass is 16.5. The van der Waals surface area contributed by atoms with E-state index in [0.717, 1.165) is 5.82 Å². The van der Waals surface area contributed by atoms with E-state index in [1.165, 1.54) is 0 Å². The molecule has 2 N–H and O–H groups in total. The number of rotatable bonds is 4. The zero-order chi connectivity index (χ0) is 9.84. The first-order valence-electron chi connectivity index (χ1n) is 4.56. The van der Waals surface area contributed by atoms with Crippen LogP contribution in [0.5, 0.6) is 0 Å². The lowest BCUT2D eigenvalue weighted by Crippen LogP contribution is -2.06. The lowest BCUT2D eigenvalue weighted by Gasteiger charge is -2.10. The average molecular weight is 183 g/mol. The van der Waals surface area contributed by atoms with Gasteiger partial charge in [0, 0.05) is 18.8 Å². The van der Waals surface area contributed by atoms with Gasteiger partial charge in [0.25, 0.3) is 0 Å². The third kappa shape index (κ3) is 2.45. The van der Waals surface area contributed by atoms with Crippen molar-refractivity contribution in [3.8, 4) is 0 Å². The van der Waals surface area contributed by atoms with Crippen LogP contribution in [0.4, 0.5) is 5.82 Å². The predicted molar refractivity (Wildman–Crippen MR) is 52.4 cm³/mol. The second kappa shape index (κ2) is 4.28. The lowest BCUT2D eigenvalue weighted by molar-refractivity contribution is 0.125. The monoisotopic (exact) mass is 183 g/mol. The Kier molecular flexibility index (Phi) is 3.31. The highest BCUT2D eigenvalue weighted by molar-refractivity contribution is 5.26. The number of aromatic nitrogens is 2. The molecule has 0 bridgehead atoms. The Morgan fingerprint density at radius 1 is 1.62 bits per heavy atom. The Labute approximate surface area is 78.7 Å². The molecule has 0 aromatic carbocycles. The van der Waals surface area contributed by atoms with Gasteiger partial charge in [-0.1, -0.05) is 0 Å². The lowest BCUT2D eigenvalue weighted by atomic mass is 10.4. The van der Waals surface area contributed by atoms with Crippen molar-refractivity contribution in [2.45, 2.75) is 33.4 Å². The van der Waals surface area contributed by atoms with Gasteiger partial charge in [0.1, 0.15) is 18.2 Å². The molecule has 0 atom stereocenters. The molecule has 0 fully saturated rings. The molecule has 0 radical (unpaired) electrons. The molecule has 0 amide bonds. The number of hydrogen-bond donors (Lipinski definition) is 1. The first-order valence-corrected chi connectivity index (χ1v) is 4.56. The van der Waals surface area contributed by atoms with Crippen molar-refractivity contribution in [1.29, 1.82) is 0 Å². The van der Waals surface area contributed by atoms with Crippen LogP contribution >= 0.6 is 0 Å². The zero-order valence-electron chi connectivity index (χ0n) is 8.45. The quantitative estimate of drug-likeness (QED) is 0.771. The molecule has 4 nitrogen and oxygen atoms in total. The number of nitrogens with two attached hydrogens (primary N) is 1. The van der Waals surface area contributed by atoms with Gasteiger partial charge in [0.2, 0.25) is 0 Å². The molecule has 4 heteroatoms. The minimum Gasteiger partial charge on any atom is -0.382 e. The molecule has 0 aliphatic heterocycles. The summed E-state index contributed by atoms with van der Waals surface area (Å²) in [5, 5.41) is 0. The van der Waals surface area contributed by atoms with E-state index in [9.17, 15) is 0 Å². The van der Waals surface area contributed by atoms with Crippen LogP contribution < -0.4 is 5.73 Å². The van der Waals surface area contributed by atoms with Crippen molar-refractivity contribution in [2.75, 3.05) is 12.3 Å². The third-order valence-corrected chi connectivity index (χ3v) is 1.82. The van der Waals surface area contributed by atoms with Crippen LogP contribution in [0.25, 0.3) is 0 Å². The molecule has 0 aliphatic rings. The summed E-state index contributed by atoms with van der Waals surface area (Å²) >= 11 is 0. The number of imidazole rings is 1. The number of nitrogen functional groups attached to an aromatic ring is 1. The summed E-state index contributed by atoms with van der Waals surface area (Å²) in [6.07, 6.45) is 1.85. The maximum absolute atomic E-state index is 5.60. The smallest absolute Gasteiger partial charge is 0.142 e. The summed E-state index contributed by atoms with van der Waals surface area (Å²) in [7, 11) is 0. The fourth-order valence-electron chi connectivity index (χ4n) is 1.20. The molecule has 74 valence electrons. The highest BCUT2D eigenvalue weighted by Gasteiger charge is 2.07. The summed E-state index contributed by atoms with van der Waals surface area (Å²) in [5.41, 5.74) is 5.60. The third-order valence-electron chi connectivity index (χ3n) is 1.82.